The summed E-state index contributed by atoms with van der Waals surface area (Å²) in [6.07, 6.45) is 1.05. The third kappa shape index (κ3) is 8.14. The lowest BCUT2D eigenvalue weighted by Crippen LogP contribution is -2.47. The molecule has 1 aromatic carbocycles. The summed E-state index contributed by atoms with van der Waals surface area (Å²) in [4.78, 5) is 9.18. The zero-order chi connectivity index (χ0) is 20.0. The Labute approximate surface area is 170 Å². The fourth-order valence-corrected chi connectivity index (χ4v) is 3.39. The molecule has 1 unspecified atom stereocenters. The Kier molecular flexibility index (Phi) is 10.9. The van der Waals surface area contributed by atoms with Crippen LogP contribution in [-0.4, -0.2) is 96.1 Å². The van der Waals surface area contributed by atoms with E-state index in [9.17, 15) is 0 Å². The Morgan fingerprint density at radius 1 is 1.21 bits per heavy atom. The van der Waals surface area contributed by atoms with Crippen molar-refractivity contribution < 1.29 is 9.47 Å². The van der Waals surface area contributed by atoms with Gasteiger partial charge in [0.25, 0.3) is 0 Å². The molecule has 0 spiro atoms. The van der Waals surface area contributed by atoms with Crippen LogP contribution in [0, 0.1) is 0 Å². The number of nitrogens with zero attached hydrogens (tertiary/aromatic N) is 3. The Hall–Kier alpha value is -1.67. The van der Waals surface area contributed by atoms with Crippen LogP contribution in [0.5, 0.6) is 0 Å². The van der Waals surface area contributed by atoms with E-state index < -0.39 is 0 Å². The van der Waals surface area contributed by atoms with Gasteiger partial charge in [-0.25, -0.2) is 0 Å². The van der Waals surface area contributed by atoms with Crippen molar-refractivity contribution in [3.63, 3.8) is 0 Å². The van der Waals surface area contributed by atoms with E-state index in [0.29, 0.717) is 6.04 Å². The van der Waals surface area contributed by atoms with Gasteiger partial charge in [-0.15, -0.1) is 0 Å². The van der Waals surface area contributed by atoms with Crippen molar-refractivity contribution in [1.29, 1.82) is 0 Å². The van der Waals surface area contributed by atoms with Crippen LogP contribution in [0.3, 0.4) is 0 Å². The Bertz CT molecular complexity index is 549. The van der Waals surface area contributed by atoms with Crippen molar-refractivity contribution in [2.75, 3.05) is 80.3 Å². The van der Waals surface area contributed by atoms with Crippen LogP contribution in [0.25, 0.3) is 0 Å². The molecule has 2 N–H and O–H groups in total. The number of likely N-dealkylation sites (N-methyl/N-ethyl adjacent to an activating group) is 1. The number of morpholine rings is 1. The second-order valence-electron chi connectivity index (χ2n) is 7.10. The number of aliphatic imine (C=N–C) groups is 1. The highest BCUT2D eigenvalue weighted by Crippen LogP contribution is 2.20. The van der Waals surface area contributed by atoms with E-state index in [1.807, 2.05) is 7.05 Å². The Morgan fingerprint density at radius 2 is 1.96 bits per heavy atom. The summed E-state index contributed by atoms with van der Waals surface area (Å²) in [7, 11) is 5.71. The van der Waals surface area contributed by atoms with E-state index >= 15 is 0 Å². The molecule has 28 heavy (non-hydrogen) atoms. The summed E-state index contributed by atoms with van der Waals surface area (Å²) >= 11 is 0. The quantitative estimate of drug-likeness (QED) is 0.336. The normalized spacial score (nSPS) is 16.9. The molecule has 0 aromatic heterocycles. The molecule has 1 aliphatic rings. The van der Waals surface area contributed by atoms with Crippen molar-refractivity contribution >= 4 is 5.96 Å². The van der Waals surface area contributed by atoms with Gasteiger partial charge in [0.05, 0.1) is 19.3 Å². The highest BCUT2D eigenvalue weighted by atomic mass is 16.5. The molecular formula is C21H37N5O2. The SMILES string of the molecule is CN=C(NCCN(C)CCCOC)NCC(c1ccccc1)N1CCOCC1. The number of benzene rings is 1. The Morgan fingerprint density at radius 3 is 2.64 bits per heavy atom. The molecule has 158 valence electrons. The van der Waals surface area contributed by atoms with Gasteiger partial charge in [0.1, 0.15) is 0 Å². The van der Waals surface area contributed by atoms with Gasteiger partial charge >= 0.3 is 0 Å². The van der Waals surface area contributed by atoms with E-state index in [0.717, 1.165) is 71.5 Å². The summed E-state index contributed by atoms with van der Waals surface area (Å²) in [5, 5.41) is 6.93. The lowest BCUT2D eigenvalue weighted by Gasteiger charge is -2.35. The maximum absolute atomic E-state index is 5.53. The smallest absolute Gasteiger partial charge is 0.191 e. The molecule has 1 heterocycles. The monoisotopic (exact) mass is 391 g/mol. The lowest BCUT2D eigenvalue weighted by atomic mass is 10.0. The van der Waals surface area contributed by atoms with Gasteiger partial charge in [0, 0.05) is 60.0 Å². The highest BCUT2D eigenvalue weighted by Gasteiger charge is 2.22. The first kappa shape index (κ1) is 22.6. The predicted octanol–water partition coefficient (Wildman–Crippen LogP) is 1.19. The molecular weight excluding hydrogens is 354 g/mol. The average molecular weight is 392 g/mol. The Balaban J connectivity index is 1.81. The minimum atomic E-state index is 0.306. The molecule has 7 heteroatoms. The number of rotatable bonds is 11. The number of nitrogens with one attached hydrogen (secondary N) is 2. The van der Waals surface area contributed by atoms with E-state index in [4.69, 9.17) is 9.47 Å². The van der Waals surface area contributed by atoms with Crippen molar-refractivity contribution in [1.82, 2.24) is 20.4 Å². The first-order valence-electron chi connectivity index (χ1n) is 10.2. The van der Waals surface area contributed by atoms with Crippen LogP contribution in [-0.2, 0) is 9.47 Å². The van der Waals surface area contributed by atoms with Gasteiger partial charge in [-0.05, 0) is 19.0 Å². The fourth-order valence-electron chi connectivity index (χ4n) is 3.39. The van der Waals surface area contributed by atoms with Crippen LogP contribution in [0.15, 0.2) is 35.3 Å². The van der Waals surface area contributed by atoms with Crippen LogP contribution in [0.1, 0.15) is 18.0 Å². The van der Waals surface area contributed by atoms with Crippen molar-refractivity contribution in [3.8, 4) is 0 Å². The molecule has 1 atom stereocenters. The second kappa shape index (κ2) is 13.5. The summed E-state index contributed by atoms with van der Waals surface area (Å²) < 4.78 is 10.6. The molecule has 1 aliphatic heterocycles. The van der Waals surface area contributed by atoms with Gasteiger partial charge in [-0.3, -0.25) is 9.89 Å². The number of hydrogen-bond donors (Lipinski definition) is 2. The van der Waals surface area contributed by atoms with Gasteiger partial charge < -0.3 is 25.0 Å². The first-order valence-corrected chi connectivity index (χ1v) is 10.2. The number of ether oxygens (including phenoxy) is 2. The summed E-state index contributed by atoms with van der Waals surface area (Å²) in [6.45, 7) is 7.99. The van der Waals surface area contributed by atoms with Crippen LogP contribution in [0.2, 0.25) is 0 Å². The number of hydrogen-bond acceptors (Lipinski definition) is 5. The third-order valence-electron chi connectivity index (χ3n) is 5.03. The van der Waals surface area contributed by atoms with Gasteiger partial charge in [-0.2, -0.15) is 0 Å². The maximum atomic E-state index is 5.53. The van der Waals surface area contributed by atoms with E-state index in [1.165, 1.54) is 5.56 Å². The molecule has 1 saturated heterocycles. The number of methoxy groups -OCH3 is 1. The molecule has 0 aliphatic carbocycles. The third-order valence-corrected chi connectivity index (χ3v) is 5.03. The van der Waals surface area contributed by atoms with Gasteiger partial charge in [-0.1, -0.05) is 30.3 Å². The van der Waals surface area contributed by atoms with Crippen molar-refractivity contribution in [2.45, 2.75) is 12.5 Å². The minimum absolute atomic E-state index is 0.306. The second-order valence-corrected chi connectivity index (χ2v) is 7.10. The zero-order valence-corrected chi connectivity index (χ0v) is 17.7. The van der Waals surface area contributed by atoms with Crippen LogP contribution < -0.4 is 10.6 Å². The van der Waals surface area contributed by atoms with Gasteiger partial charge in [0.2, 0.25) is 0 Å². The molecule has 0 amide bonds. The van der Waals surface area contributed by atoms with Crippen LogP contribution >= 0.6 is 0 Å². The van der Waals surface area contributed by atoms with Crippen molar-refractivity contribution in [2.24, 2.45) is 4.99 Å². The predicted molar refractivity (Wildman–Crippen MR) is 115 cm³/mol. The van der Waals surface area contributed by atoms with Crippen LogP contribution in [0.4, 0.5) is 0 Å². The van der Waals surface area contributed by atoms with E-state index in [-0.39, 0.29) is 0 Å². The molecule has 2 rings (SSSR count). The fraction of sp³-hybridized carbons (Fsp3) is 0.667. The largest absolute Gasteiger partial charge is 0.385 e. The number of guanidine groups is 1. The van der Waals surface area contributed by atoms with Gasteiger partial charge in [0.15, 0.2) is 5.96 Å². The summed E-state index contributed by atoms with van der Waals surface area (Å²) in [6, 6.07) is 11.0. The molecule has 0 saturated carbocycles. The summed E-state index contributed by atoms with van der Waals surface area (Å²) in [5.74, 6) is 0.847. The highest BCUT2D eigenvalue weighted by molar-refractivity contribution is 5.79. The first-order chi connectivity index (χ1) is 13.7. The molecule has 0 radical (unpaired) electrons. The summed E-state index contributed by atoms with van der Waals surface area (Å²) in [5.41, 5.74) is 1.32. The molecule has 7 nitrogen and oxygen atoms in total. The zero-order valence-electron chi connectivity index (χ0n) is 17.7. The molecule has 0 bridgehead atoms. The topological polar surface area (TPSA) is 61.4 Å². The van der Waals surface area contributed by atoms with Crippen molar-refractivity contribution in [3.05, 3.63) is 35.9 Å². The van der Waals surface area contributed by atoms with E-state index in [1.54, 1.807) is 7.11 Å². The molecule has 1 aromatic rings. The van der Waals surface area contributed by atoms with E-state index in [2.05, 4.69) is 62.8 Å². The minimum Gasteiger partial charge on any atom is -0.385 e. The lowest BCUT2D eigenvalue weighted by molar-refractivity contribution is 0.0170. The maximum Gasteiger partial charge on any atom is 0.191 e. The molecule has 1 fully saturated rings. The average Bonchev–Trinajstić information content (AvgIpc) is 2.74. The standard InChI is InChI=1S/C21H37N5O2/c1-22-21(23-10-12-25(2)11-7-15-27-3)24-18-20(19-8-5-4-6-9-19)26-13-16-28-17-14-26/h4-6,8-9,20H,7,10-18H2,1-3H3,(H2,22,23,24).